The number of nitrogens with zero attached hydrogens (tertiary/aromatic N) is 4. The molecule has 2 amide bonds. The summed E-state index contributed by atoms with van der Waals surface area (Å²) in [6.45, 7) is 5.03. The van der Waals surface area contributed by atoms with Gasteiger partial charge in [0.25, 0.3) is 11.8 Å². The lowest BCUT2D eigenvalue weighted by atomic mass is 10.1. The number of pyridine rings is 1. The van der Waals surface area contributed by atoms with Gasteiger partial charge in [-0.15, -0.1) is 0 Å². The number of hydrogen-bond donors (Lipinski definition) is 1. The molecule has 0 radical (unpaired) electrons. The highest BCUT2D eigenvalue weighted by atomic mass is 19.4. The summed E-state index contributed by atoms with van der Waals surface area (Å²) >= 11 is 0. The quantitative estimate of drug-likeness (QED) is 0.820. The molecule has 162 valence electrons. The number of halogens is 3. The van der Waals surface area contributed by atoms with Crippen molar-refractivity contribution in [2.24, 2.45) is 0 Å². The van der Waals surface area contributed by atoms with E-state index in [1.807, 2.05) is 6.92 Å². The fourth-order valence-electron chi connectivity index (χ4n) is 3.48. The van der Waals surface area contributed by atoms with Gasteiger partial charge in [0.1, 0.15) is 11.4 Å². The SMILES string of the molecule is CCn1ccc(C(=O)N2CCCC(NC(=O)c3ccc(C(F)(F)F)nc3C)CC2)n1. The van der Waals surface area contributed by atoms with Crippen molar-refractivity contribution in [3.63, 3.8) is 0 Å². The zero-order valence-corrected chi connectivity index (χ0v) is 16.9. The summed E-state index contributed by atoms with van der Waals surface area (Å²) in [6.07, 6.45) is -0.862. The van der Waals surface area contributed by atoms with E-state index in [0.717, 1.165) is 12.1 Å². The van der Waals surface area contributed by atoms with Crippen molar-refractivity contribution < 1.29 is 22.8 Å². The standard InChI is InChI=1S/C20H24F3N5O2/c1-3-28-12-9-16(26-28)19(30)27-10-4-5-14(8-11-27)25-18(29)15-6-7-17(20(21,22)23)24-13(15)2/h6-7,9,12,14H,3-5,8,10-11H2,1-2H3,(H,25,29). The summed E-state index contributed by atoms with van der Waals surface area (Å²) in [5.41, 5.74) is -0.485. The minimum absolute atomic E-state index is 0.0271. The van der Waals surface area contributed by atoms with Crippen LogP contribution in [0.15, 0.2) is 24.4 Å². The second kappa shape index (κ2) is 8.85. The zero-order valence-electron chi connectivity index (χ0n) is 16.9. The highest BCUT2D eigenvalue weighted by Gasteiger charge is 2.33. The average molecular weight is 423 g/mol. The molecule has 10 heteroatoms. The minimum atomic E-state index is -4.55. The molecular formula is C20H24F3N5O2. The normalized spacial score (nSPS) is 17.5. The van der Waals surface area contributed by atoms with Crippen LogP contribution in [0.2, 0.25) is 0 Å². The molecule has 0 spiro atoms. The van der Waals surface area contributed by atoms with E-state index in [2.05, 4.69) is 15.4 Å². The van der Waals surface area contributed by atoms with E-state index < -0.39 is 17.8 Å². The Kier molecular flexibility index (Phi) is 6.42. The van der Waals surface area contributed by atoms with Gasteiger partial charge in [-0.2, -0.15) is 18.3 Å². The van der Waals surface area contributed by atoms with E-state index in [1.54, 1.807) is 21.8 Å². The van der Waals surface area contributed by atoms with E-state index in [0.29, 0.717) is 44.6 Å². The summed E-state index contributed by atoms with van der Waals surface area (Å²) in [7, 11) is 0. The maximum Gasteiger partial charge on any atom is 0.433 e. The number of likely N-dealkylation sites (tertiary alicyclic amines) is 1. The topological polar surface area (TPSA) is 80.1 Å². The molecule has 30 heavy (non-hydrogen) atoms. The zero-order chi connectivity index (χ0) is 21.9. The third kappa shape index (κ3) is 4.98. The summed E-state index contributed by atoms with van der Waals surface area (Å²) in [5.74, 6) is -0.600. The molecule has 0 saturated carbocycles. The first-order valence-corrected chi connectivity index (χ1v) is 9.87. The van der Waals surface area contributed by atoms with Crippen LogP contribution in [-0.2, 0) is 12.7 Å². The first-order chi connectivity index (χ1) is 14.2. The molecule has 1 aliphatic heterocycles. The number of alkyl halides is 3. The number of carbonyl (C=O) groups is 2. The number of aryl methyl sites for hydroxylation is 2. The smallest absolute Gasteiger partial charge is 0.349 e. The van der Waals surface area contributed by atoms with Crippen molar-refractivity contribution in [2.45, 2.75) is 51.9 Å². The number of aromatic nitrogens is 3. The van der Waals surface area contributed by atoms with Crippen LogP contribution in [0.25, 0.3) is 0 Å². The van der Waals surface area contributed by atoms with Crippen molar-refractivity contribution >= 4 is 11.8 Å². The summed E-state index contributed by atoms with van der Waals surface area (Å²) in [6, 6.07) is 3.48. The number of hydrogen-bond acceptors (Lipinski definition) is 4. The molecule has 1 atom stereocenters. The number of carbonyl (C=O) groups excluding carboxylic acids is 2. The monoisotopic (exact) mass is 423 g/mol. The minimum Gasteiger partial charge on any atom is -0.349 e. The van der Waals surface area contributed by atoms with E-state index in [9.17, 15) is 22.8 Å². The Bertz CT molecular complexity index is 925. The van der Waals surface area contributed by atoms with E-state index in [1.165, 1.54) is 6.92 Å². The summed E-state index contributed by atoms with van der Waals surface area (Å²) in [5, 5.41) is 7.11. The van der Waals surface area contributed by atoms with Crippen LogP contribution in [-0.4, -0.2) is 50.6 Å². The van der Waals surface area contributed by atoms with Crippen LogP contribution in [0.5, 0.6) is 0 Å². The first-order valence-electron chi connectivity index (χ1n) is 9.87. The Balaban J connectivity index is 1.60. The Morgan fingerprint density at radius 2 is 1.97 bits per heavy atom. The molecule has 1 aliphatic rings. The number of rotatable bonds is 4. The molecule has 7 nitrogen and oxygen atoms in total. The highest BCUT2D eigenvalue weighted by Crippen LogP contribution is 2.28. The van der Waals surface area contributed by atoms with Gasteiger partial charge in [0.2, 0.25) is 0 Å². The molecule has 0 aliphatic carbocycles. The van der Waals surface area contributed by atoms with Crippen LogP contribution in [0.1, 0.15) is 58.4 Å². The molecule has 1 unspecified atom stereocenters. The molecule has 1 saturated heterocycles. The lowest BCUT2D eigenvalue weighted by Crippen LogP contribution is -2.37. The van der Waals surface area contributed by atoms with Gasteiger partial charge in [-0.25, -0.2) is 4.98 Å². The molecule has 2 aromatic rings. The lowest BCUT2D eigenvalue weighted by Gasteiger charge is -2.20. The Hall–Kier alpha value is -2.91. The predicted molar refractivity (Wildman–Crippen MR) is 103 cm³/mol. The van der Waals surface area contributed by atoms with Gasteiger partial charge in [0.15, 0.2) is 0 Å². The van der Waals surface area contributed by atoms with Gasteiger partial charge < -0.3 is 10.2 Å². The fraction of sp³-hybridized carbons (Fsp3) is 0.500. The molecule has 2 aromatic heterocycles. The largest absolute Gasteiger partial charge is 0.433 e. The molecule has 0 bridgehead atoms. The van der Waals surface area contributed by atoms with Crippen molar-refractivity contribution in [3.05, 3.63) is 47.0 Å². The second-order valence-corrected chi connectivity index (χ2v) is 7.28. The molecular weight excluding hydrogens is 399 g/mol. The molecule has 3 rings (SSSR count). The third-order valence-corrected chi connectivity index (χ3v) is 5.16. The van der Waals surface area contributed by atoms with Crippen LogP contribution < -0.4 is 5.32 Å². The van der Waals surface area contributed by atoms with Crippen LogP contribution in [0.4, 0.5) is 13.2 Å². The summed E-state index contributed by atoms with van der Waals surface area (Å²) in [4.78, 5) is 30.4. The Labute approximate surface area is 172 Å². The van der Waals surface area contributed by atoms with Crippen molar-refractivity contribution in [3.8, 4) is 0 Å². The van der Waals surface area contributed by atoms with Gasteiger partial charge in [-0.1, -0.05) is 0 Å². The molecule has 1 fully saturated rings. The third-order valence-electron chi connectivity index (χ3n) is 5.16. The fourth-order valence-corrected chi connectivity index (χ4v) is 3.48. The summed E-state index contributed by atoms with van der Waals surface area (Å²) < 4.78 is 40.0. The van der Waals surface area contributed by atoms with E-state index >= 15 is 0 Å². The van der Waals surface area contributed by atoms with Gasteiger partial charge in [-0.05, 0) is 51.3 Å². The van der Waals surface area contributed by atoms with E-state index in [-0.39, 0.29) is 23.2 Å². The average Bonchev–Trinajstić information content (AvgIpc) is 3.06. The number of nitrogens with one attached hydrogen (secondary N) is 1. The molecule has 0 aromatic carbocycles. The second-order valence-electron chi connectivity index (χ2n) is 7.28. The van der Waals surface area contributed by atoms with Crippen molar-refractivity contribution in [2.75, 3.05) is 13.1 Å². The number of amides is 2. The molecule has 3 heterocycles. The van der Waals surface area contributed by atoms with Crippen molar-refractivity contribution in [1.82, 2.24) is 25.0 Å². The van der Waals surface area contributed by atoms with E-state index in [4.69, 9.17) is 0 Å². The van der Waals surface area contributed by atoms with Crippen molar-refractivity contribution in [1.29, 1.82) is 0 Å². The lowest BCUT2D eigenvalue weighted by molar-refractivity contribution is -0.141. The highest BCUT2D eigenvalue weighted by molar-refractivity contribution is 5.95. The first kappa shape index (κ1) is 21.8. The van der Waals surface area contributed by atoms with Gasteiger partial charge in [-0.3, -0.25) is 14.3 Å². The van der Waals surface area contributed by atoms with Gasteiger partial charge in [0, 0.05) is 31.9 Å². The maximum atomic E-state index is 12.8. The Morgan fingerprint density at radius 3 is 2.60 bits per heavy atom. The predicted octanol–water partition coefficient (Wildman–Crippen LogP) is 3.05. The molecule has 1 N–H and O–H groups in total. The van der Waals surface area contributed by atoms with Crippen LogP contribution in [0, 0.1) is 6.92 Å². The Morgan fingerprint density at radius 1 is 1.20 bits per heavy atom. The van der Waals surface area contributed by atoms with Gasteiger partial charge >= 0.3 is 6.18 Å². The maximum absolute atomic E-state index is 12.8. The van der Waals surface area contributed by atoms with Crippen LogP contribution >= 0.6 is 0 Å². The van der Waals surface area contributed by atoms with Crippen LogP contribution in [0.3, 0.4) is 0 Å². The van der Waals surface area contributed by atoms with Gasteiger partial charge in [0.05, 0.1) is 11.3 Å².